The fourth-order valence-corrected chi connectivity index (χ4v) is 2.43. The molecule has 1 aromatic carbocycles. The van der Waals surface area contributed by atoms with E-state index in [-0.39, 0.29) is 5.56 Å². The molecular weight excluding hydrogens is 272 g/mol. The van der Waals surface area contributed by atoms with E-state index in [2.05, 4.69) is 10.3 Å². The second kappa shape index (κ2) is 5.37. The molecule has 0 unspecified atom stereocenters. The number of anilines is 1. The van der Waals surface area contributed by atoms with Crippen LogP contribution in [0.4, 0.5) is 5.69 Å². The number of hydrogen-bond donors (Lipinski definition) is 2. The predicted octanol–water partition coefficient (Wildman–Crippen LogP) is 3.42. The van der Waals surface area contributed by atoms with Crippen molar-refractivity contribution >= 4 is 34.6 Å². The minimum Gasteiger partial charge on any atom is -0.478 e. The van der Waals surface area contributed by atoms with Crippen molar-refractivity contribution in [2.75, 3.05) is 5.32 Å². The summed E-state index contributed by atoms with van der Waals surface area (Å²) < 4.78 is 0. The third-order valence-electron chi connectivity index (χ3n) is 2.33. The minimum atomic E-state index is -0.977. The van der Waals surface area contributed by atoms with Gasteiger partial charge in [-0.1, -0.05) is 11.6 Å². The molecule has 0 saturated carbocycles. The molecule has 2 rings (SSSR count). The molecule has 1 heterocycles. The van der Waals surface area contributed by atoms with Crippen molar-refractivity contribution in [3.63, 3.8) is 0 Å². The van der Waals surface area contributed by atoms with Crippen LogP contribution < -0.4 is 5.32 Å². The van der Waals surface area contributed by atoms with Crippen LogP contribution in [-0.2, 0) is 6.54 Å². The average Bonchev–Trinajstić information content (AvgIpc) is 2.72. The molecule has 0 amide bonds. The second-order valence-electron chi connectivity index (χ2n) is 3.69. The highest BCUT2D eigenvalue weighted by Gasteiger charge is 2.10. The Kier molecular flexibility index (Phi) is 3.84. The van der Waals surface area contributed by atoms with Crippen LogP contribution in [0.1, 0.15) is 20.2 Å². The van der Waals surface area contributed by atoms with Crippen molar-refractivity contribution in [3.05, 3.63) is 44.9 Å². The van der Waals surface area contributed by atoms with Gasteiger partial charge in [0.25, 0.3) is 0 Å². The fraction of sp³-hybridized carbons (Fsp3) is 0.167. The summed E-state index contributed by atoms with van der Waals surface area (Å²) in [5.41, 5.74) is 0.724. The number of thiazole rings is 1. The number of benzene rings is 1. The summed E-state index contributed by atoms with van der Waals surface area (Å²) in [6, 6.07) is 4.66. The molecule has 0 radical (unpaired) electrons. The molecular formula is C12H11ClN2O2S. The van der Waals surface area contributed by atoms with Crippen molar-refractivity contribution in [1.29, 1.82) is 0 Å². The molecule has 0 aliphatic rings. The maximum absolute atomic E-state index is 11.1. The summed E-state index contributed by atoms with van der Waals surface area (Å²) >= 11 is 7.44. The smallest absolute Gasteiger partial charge is 0.337 e. The Labute approximate surface area is 113 Å². The van der Waals surface area contributed by atoms with Crippen molar-refractivity contribution in [2.45, 2.75) is 13.5 Å². The summed E-state index contributed by atoms with van der Waals surface area (Å²) in [7, 11) is 0. The predicted molar refractivity (Wildman–Crippen MR) is 72.6 cm³/mol. The Morgan fingerprint density at radius 1 is 1.56 bits per heavy atom. The maximum atomic E-state index is 11.1. The van der Waals surface area contributed by atoms with Crippen LogP contribution in [0.5, 0.6) is 0 Å². The van der Waals surface area contributed by atoms with Crippen LogP contribution in [0.15, 0.2) is 24.4 Å². The zero-order valence-corrected chi connectivity index (χ0v) is 11.2. The van der Waals surface area contributed by atoms with Gasteiger partial charge in [-0.3, -0.25) is 0 Å². The molecule has 1 aromatic heterocycles. The standard InChI is InChI=1S/C12H11ClN2O2S/c1-7-14-5-9(18-7)6-15-11-4-8(13)2-3-10(11)12(16)17/h2-5,15H,6H2,1H3,(H,16,17). The number of aromatic nitrogens is 1. The third kappa shape index (κ3) is 3.00. The Bertz CT molecular complexity index is 583. The molecule has 2 N–H and O–H groups in total. The highest BCUT2D eigenvalue weighted by Crippen LogP contribution is 2.22. The highest BCUT2D eigenvalue weighted by atomic mass is 35.5. The summed E-state index contributed by atoms with van der Waals surface area (Å²) in [6.07, 6.45) is 1.78. The van der Waals surface area contributed by atoms with Gasteiger partial charge in [-0.05, 0) is 25.1 Å². The van der Waals surface area contributed by atoms with Crippen LogP contribution in [0.3, 0.4) is 0 Å². The van der Waals surface area contributed by atoms with E-state index in [9.17, 15) is 4.79 Å². The number of hydrogen-bond acceptors (Lipinski definition) is 4. The SMILES string of the molecule is Cc1ncc(CNc2cc(Cl)ccc2C(=O)O)s1. The van der Waals surface area contributed by atoms with Gasteiger partial charge < -0.3 is 10.4 Å². The molecule has 0 spiro atoms. The molecule has 0 bridgehead atoms. The molecule has 0 saturated heterocycles. The van der Waals surface area contributed by atoms with Gasteiger partial charge in [0.15, 0.2) is 0 Å². The highest BCUT2D eigenvalue weighted by molar-refractivity contribution is 7.11. The average molecular weight is 283 g/mol. The lowest BCUT2D eigenvalue weighted by Crippen LogP contribution is -2.05. The number of aryl methyl sites for hydroxylation is 1. The van der Waals surface area contributed by atoms with E-state index in [1.807, 2.05) is 6.92 Å². The van der Waals surface area contributed by atoms with Gasteiger partial charge in [0.2, 0.25) is 0 Å². The first-order chi connectivity index (χ1) is 8.56. The number of carbonyl (C=O) groups is 1. The van der Waals surface area contributed by atoms with Gasteiger partial charge in [-0.2, -0.15) is 0 Å². The molecule has 0 fully saturated rings. The van der Waals surface area contributed by atoms with Gasteiger partial charge >= 0.3 is 5.97 Å². The molecule has 6 heteroatoms. The van der Waals surface area contributed by atoms with Crippen LogP contribution in [0, 0.1) is 6.92 Å². The van der Waals surface area contributed by atoms with Gasteiger partial charge in [0, 0.05) is 16.1 Å². The molecule has 94 valence electrons. The lowest BCUT2D eigenvalue weighted by molar-refractivity contribution is 0.0698. The first-order valence-corrected chi connectivity index (χ1v) is 6.44. The second-order valence-corrected chi connectivity index (χ2v) is 5.45. The number of halogens is 1. The monoisotopic (exact) mass is 282 g/mol. The zero-order valence-electron chi connectivity index (χ0n) is 9.61. The topological polar surface area (TPSA) is 62.2 Å². The van der Waals surface area contributed by atoms with Crippen molar-refractivity contribution in [3.8, 4) is 0 Å². The summed E-state index contributed by atoms with van der Waals surface area (Å²) in [5, 5.41) is 13.6. The number of nitrogens with one attached hydrogen (secondary N) is 1. The zero-order chi connectivity index (χ0) is 13.1. The van der Waals surface area contributed by atoms with Crippen LogP contribution in [-0.4, -0.2) is 16.1 Å². The summed E-state index contributed by atoms with van der Waals surface area (Å²) in [4.78, 5) is 16.2. The molecule has 0 aliphatic carbocycles. The first-order valence-electron chi connectivity index (χ1n) is 5.24. The van der Waals surface area contributed by atoms with Crippen LogP contribution in [0.25, 0.3) is 0 Å². The number of carboxylic acid groups (broad SMARTS) is 1. The quantitative estimate of drug-likeness (QED) is 0.902. The van der Waals surface area contributed by atoms with E-state index in [4.69, 9.17) is 16.7 Å². The third-order valence-corrected chi connectivity index (χ3v) is 3.48. The van der Waals surface area contributed by atoms with Crippen molar-refractivity contribution < 1.29 is 9.90 Å². The lowest BCUT2D eigenvalue weighted by Gasteiger charge is -2.08. The maximum Gasteiger partial charge on any atom is 0.337 e. The number of carboxylic acids is 1. The van der Waals surface area contributed by atoms with Crippen molar-refractivity contribution in [2.24, 2.45) is 0 Å². The summed E-state index contributed by atoms with van der Waals surface area (Å²) in [6.45, 7) is 2.46. The first kappa shape index (κ1) is 12.9. The van der Waals surface area contributed by atoms with Gasteiger partial charge in [0.05, 0.1) is 22.8 Å². The van der Waals surface area contributed by atoms with E-state index in [1.165, 1.54) is 6.07 Å². The molecule has 0 atom stereocenters. The Balaban J connectivity index is 2.17. The van der Waals surface area contributed by atoms with E-state index in [0.29, 0.717) is 17.3 Å². The molecule has 18 heavy (non-hydrogen) atoms. The van der Waals surface area contributed by atoms with E-state index >= 15 is 0 Å². The van der Waals surface area contributed by atoms with E-state index in [1.54, 1.807) is 29.7 Å². The van der Waals surface area contributed by atoms with E-state index in [0.717, 1.165) is 9.88 Å². The van der Waals surface area contributed by atoms with Gasteiger partial charge in [-0.15, -0.1) is 11.3 Å². The van der Waals surface area contributed by atoms with Gasteiger partial charge in [-0.25, -0.2) is 9.78 Å². The molecule has 0 aliphatic heterocycles. The Morgan fingerprint density at radius 2 is 2.33 bits per heavy atom. The fourth-order valence-electron chi connectivity index (χ4n) is 1.52. The summed E-state index contributed by atoms with van der Waals surface area (Å²) in [5.74, 6) is -0.977. The Morgan fingerprint density at radius 3 is 2.94 bits per heavy atom. The number of aromatic carboxylic acids is 1. The van der Waals surface area contributed by atoms with E-state index < -0.39 is 5.97 Å². The number of nitrogens with zero attached hydrogens (tertiary/aromatic N) is 1. The van der Waals surface area contributed by atoms with Gasteiger partial charge in [0.1, 0.15) is 0 Å². The number of rotatable bonds is 4. The lowest BCUT2D eigenvalue weighted by atomic mass is 10.2. The molecule has 4 nitrogen and oxygen atoms in total. The largest absolute Gasteiger partial charge is 0.478 e. The van der Waals surface area contributed by atoms with Crippen molar-refractivity contribution in [1.82, 2.24) is 4.98 Å². The van der Waals surface area contributed by atoms with Crippen LogP contribution in [0.2, 0.25) is 5.02 Å². The Hall–Kier alpha value is -1.59. The normalized spacial score (nSPS) is 10.3. The molecule has 2 aromatic rings. The van der Waals surface area contributed by atoms with Crippen LogP contribution >= 0.6 is 22.9 Å². The minimum absolute atomic E-state index is 0.209.